The number of nitrogen functional groups attached to an aromatic ring is 1. The number of hydrogen-bond acceptors (Lipinski definition) is 5. The van der Waals surface area contributed by atoms with Gasteiger partial charge in [-0.05, 0) is 30.7 Å². The van der Waals surface area contributed by atoms with E-state index in [0.29, 0.717) is 5.95 Å². The molecule has 0 aliphatic rings. The second-order valence-electron chi connectivity index (χ2n) is 4.52. The minimum Gasteiger partial charge on any atom is -0.368 e. The normalized spacial score (nSPS) is 10.8. The van der Waals surface area contributed by atoms with Crippen LogP contribution >= 0.6 is 11.3 Å². The van der Waals surface area contributed by atoms with Crippen LogP contribution in [0.15, 0.2) is 36.4 Å². The standard InChI is InChI=1S/C15H16N4S/c1-2-10-7-8-11(20-10)9-17-14-12-5-3-4-6-13(12)18-15(16)19-14/h3-8H,2,9H2,1H3,(H3,16,17,18,19). The zero-order valence-electron chi connectivity index (χ0n) is 11.3. The lowest BCUT2D eigenvalue weighted by Gasteiger charge is -2.08. The van der Waals surface area contributed by atoms with Gasteiger partial charge in [-0.2, -0.15) is 4.98 Å². The predicted octanol–water partition coefficient (Wildman–Crippen LogP) is 3.45. The SMILES string of the molecule is CCc1ccc(CNc2nc(N)nc3ccccc23)s1. The van der Waals surface area contributed by atoms with Crippen LogP contribution in [0, 0.1) is 0 Å². The van der Waals surface area contributed by atoms with Crippen molar-refractivity contribution in [2.24, 2.45) is 0 Å². The lowest BCUT2D eigenvalue weighted by molar-refractivity contribution is 1.13. The molecule has 3 rings (SSSR count). The van der Waals surface area contributed by atoms with Crippen LogP contribution in [0.25, 0.3) is 10.9 Å². The van der Waals surface area contributed by atoms with Crippen molar-refractivity contribution in [2.75, 3.05) is 11.1 Å². The molecule has 1 aromatic carbocycles. The molecule has 20 heavy (non-hydrogen) atoms. The Kier molecular flexibility index (Phi) is 3.52. The van der Waals surface area contributed by atoms with E-state index in [2.05, 4.69) is 34.3 Å². The van der Waals surface area contributed by atoms with Gasteiger partial charge in [-0.3, -0.25) is 0 Å². The number of para-hydroxylation sites is 1. The van der Waals surface area contributed by atoms with E-state index in [1.165, 1.54) is 9.75 Å². The van der Waals surface area contributed by atoms with Crippen molar-refractivity contribution < 1.29 is 0 Å². The first kappa shape index (κ1) is 12.9. The number of fused-ring (bicyclic) bond motifs is 1. The molecule has 0 saturated carbocycles. The molecular weight excluding hydrogens is 268 g/mol. The molecule has 0 fully saturated rings. The molecule has 0 amide bonds. The number of rotatable bonds is 4. The summed E-state index contributed by atoms with van der Waals surface area (Å²) in [6.07, 6.45) is 1.08. The molecule has 0 aliphatic heterocycles. The third-order valence-corrected chi connectivity index (χ3v) is 4.35. The minimum atomic E-state index is 0.298. The zero-order valence-corrected chi connectivity index (χ0v) is 12.1. The van der Waals surface area contributed by atoms with Gasteiger partial charge in [-0.25, -0.2) is 4.98 Å². The summed E-state index contributed by atoms with van der Waals surface area (Å²) < 4.78 is 0. The van der Waals surface area contributed by atoms with Crippen LogP contribution in [0.3, 0.4) is 0 Å². The Morgan fingerprint density at radius 3 is 2.70 bits per heavy atom. The van der Waals surface area contributed by atoms with Crippen molar-refractivity contribution in [1.82, 2.24) is 9.97 Å². The Morgan fingerprint density at radius 1 is 1.10 bits per heavy atom. The van der Waals surface area contributed by atoms with E-state index in [9.17, 15) is 0 Å². The van der Waals surface area contributed by atoms with E-state index >= 15 is 0 Å². The number of anilines is 2. The quantitative estimate of drug-likeness (QED) is 0.770. The summed E-state index contributed by atoms with van der Waals surface area (Å²) in [7, 11) is 0. The average Bonchev–Trinajstić information content (AvgIpc) is 2.92. The molecule has 102 valence electrons. The van der Waals surface area contributed by atoms with Gasteiger partial charge in [-0.15, -0.1) is 11.3 Å². The predicted molar refractivity (Wildman–Crippen MR) is 85.0 cm³/mol. The highest BCUT2D eigenvalue weighted by molar-refractivity contribution is 7.12. The number of aryl methyl sites for hydroxylation is 1. The number of nitrogens with two attached hydrogens (primary N) is 1. The van der Waals surface area contributed by atoms with Crippen molar-refractivity contribution in [3.63, 3.8) is 0 Å². The first-order valence-corrected chi connectivity index (χ1v) is 7.41. The molecule has 2 heterocycles. The monoisotopic (exact) mass is 284 g/mol. The first-order valence-electron chi connectivity index (χ1n) is 6.60. The van der Waals surface area contributed by atoms with E-state index in [1.807, 2.05) is 35.6 Å². The summed E-state index contributed by atoms with van der Waals surface area (Å²) in [5.74, 6) is 1.09. The van der Waals surface area contributed by atoms with Crippen LogP contribution in [0.1, 0.15) is 16.7 Å². The fourth-order valence-corrected chi connectivity index (χ4v) is 3.01. The van der Waals surface area contributed by atoms with E-state index in [1.54, 1.807) is 0 Å². The third-order valence-electron chi connectivity index (χ3n) is 3.12. The molecule has 3 aromatic rings. The Labute approximate surface area is 121 Å². The molecule has 5 heteroatoms. The van der Waals surface area contributed by atoms with Gasteiger partial charge in [0.15, 0.2) is 0 Å². The number of aromatic nitrogens is 2. The van der Waals surface area contributed by atoms with Gasteiger partial charge in [0, 0.05) is 15.1 Å². The van der Waals surface area contributed by atoms with E-state index in [4.69, 9.17) is 5.73 Å². The van der Waals surface area contributed by atoms with Gasteiger partial charge < -0.3 is 11.1 Å². The highest BCUT2D eigenvalue weighted by atomic mass is 32.1. The van der Waals surface area contributed by atoms with Crippen LogP contribution in [0.5, 0.6) is 0 Å². The Balaban J connectivity index is 1.86. The van der Waals surface area contributed by atoms with Crippen molar-refractivity contribution >= 4 is 34.0 Å². The maximum atomic E-state index is 5.76. The summed E-state index contributed by atoms with van der Waals surface area (Å²) in [6.45, 7) is 2.92. The molecule has 2 aromatic heterocycles. The summed E-state index contributed by atoms with van der Waals surface area (Å²) in [5, 5.41) is 4.36. The van der Waals surface area contributed by atoms with Gasteiger partial charge in [0.05, 0.1) is 12.1 Å². The molecule has 0 aliphatic carbocycles. The summed E-state index contributed by atoms with van der Waals surface area (Å²) in [5.41, 5.74) is 6.62. The van der Waals surface area contributed by atoms with E-state index in [0.717, 1.165) is 29.7 Å². The van der Waals surface area contributed by atoms with E-state index in [-0.39, 0.29) is 0 Å². The van der Waals surface area contributed by atoms with Crippen LogP contribution in [-0.4, -0.2) is 9.97 Å². The van der Waals surface area contributed by atoms with Gasteiger partial charge in [0.2, 0.25) is 5.95 Å². The third kappa shape index (κ3) is 2.58. The van der Waals surface area contributed by atoms with Gasteiger partial charge in [-0.1, -0.05) is 19.1 Å². The largest absolute Gasteiger partial charge is 0.368 e. The second-order valence-corrected chi connectivity index (χ2v) is 5.78. The van der Waals surface area contributed by atoms with Gasteiger partial charge >= 0.3 is 0 Å². The van der Waals surface area contributed by atoms with Gasteiger partial charge in [0.1, 0.15) is 5.82 Å². The number of hydrogen-bond donors (Lipinski definition) is 2. The van der Waals surface area contributed by atoms with Crippen molar-refractivity contribution in [3.8, 4) is 0 Å². The average molecular weight is 284 g/mol. The molecule has 4 nitrogen and oxygen atoms in total. The van der Waals surface area contributed by atoms with Crippen LogP contribution in [0.4, 0.5) is 11.8 Å². The smallest absolute Gasteiger partial charge is 0.222 e. The zero-order chi connectivity index (χ0) is 13.9. The van der Waals surface area contributed by atoms with Crippen molar-refractivity contribution in [2.45, 2.75) is 19.9 Å². The fourth-order valence-electron chi connectivity index (χ4n) is 2.11. The molecule has 0 bridgehead atoms. The maximum Gasteiger partial charge on any atom is 0.222 e. The topological polar surface area (TPSA) is 63.8 Å². The lowest BCUT2D eigenvalue weighted by Crippen LogP contribution is -2.04. The summed E-state index contributed by atoms with van der Waals surface area (Å²) >= 11 is 1.82. The molecule has 3 N–H and O–H groups in total. The number of thiophene rings is 1. The van der Waals surface area contributed by atoms with Crippen LogP contribution in [0.2, 0.25) is 0 Å². The minimum absolute atomic E-state index is 0.298. The van der Waals surface area contributed by atoms with Gasteiger partial charge in [0.25, 0.3) is 0 Å². The van der Waals surface area contributed by atoms with Crippen LogP contribution in [-0.2, 0) is 13.0 Å². The first-order chi connectivity index (χ1) is 9.76. The number of nitrogens with zero attached hydrogens (tertiary/aromatic N) is 2. The fraction of sp³-hybridized carbons (Fsp3) is 0.200. The van der Waals surface area contributed by atoms with Crippen molar-refractivity contribution in [1.29, 1.82) is 0 Å². The highest BCUT2D eigenvalue weighted by Crippen LogP contribution is 2.23. The number of nitrogens with one attached hydrogen (secondary N) is 1. The summed E-state index contributed by atoms with van der Waals surface area (Å²) in [4.78, 5) is 11.2. The lowest BCUT2D eigenvalue weighted by atomic mass is 10.2. The second kappa shape index (κ2) is 5.46. The maximum absolute atomic E-state index is 5.76. The molecule has 0 saturated heterocycles. The molecule has 0 radical (unpaired) electrons. The molecule has 0 spiro atoms. The molecular formula is C15H16N4S. The Morgan fingerprint density at radius 2 is 1.90 bits per heavy atom. The summed E-state index contributed by atoms with van der Waals surface area (Å²) in [6, 6.07) is 12.2. The van der Waals surface area contributed by atoms with Crippen molar-refractivity contribution in [3.05, 3.63) is 46.2 Å². The van der Waals surface area contributed by atoms with Crippen LogP contribution < -0.4 is 11.1 Å². The molecule has 0 unspecified atom stereocenters. The number of benzene rings is 1. The highest BCUT2D eigenvalue weighted by Gasteiger charge is 2.06. The Hall–Kier alpha value is -2.14. The Bertz CT molecular complexity index is 736. The van der Waals surface area contributed by atoms with E-state index < -0.39 is 0 Å². The molecule has 0 atom stereocenters.